The summed E-state index contributed by atoms with van der Waals surface area (Å²) in [6, 6.07) is 0.611. The van der Waals surface area contributed by atoms with Crippen LogP contribution in [0.4, 0.5) is 0 Å². The number of likely N-dealkylation sites (N-methyl/N-ethyl adjacent to an activating group) is 1. The standard InChI is InChI=1S/C8H15NO/c1-9-6-3-4-8(9)5-7-10-2/h5,7-8H,3-4,6H2,1-2H3. The van der Waals surface area contributed by atoms with E-state index in [0.29, 0.717) is 6.04 Å². The third-order valence-corrected chi connectivity index (χ3v) is 2.01. The molecule has 0 radical (unpaired) electrons. The Morgan fingerprint density at radius 1 is 1.60 bits per heavy atom. The van der Waals surface area contributed by atoms with Crippen molar-refractivity contribution in [1.29, 1.82) is 0 Å². The van der Waals surface area contributed by atoms with Gasteiger partial charge in [0.25, 0.3) is 0 Å². The lowest BCUT2D eigenvalue weighted by Crippen LogP contribution is -2.22. The van der Waals surface area contributed by atoms with Gasteiger partial charge in [0.2, 0.25) is 0 Å². The molecule has 0 aromatic rings. The van der Waals surface area contributed by atoms with Crippen LogP contribution < -0.4 is 0 Å². The zero-order valence-electron chi connectivity index (χ0n) is 6.71. The molecular weight excluding hydrogens is 126 g/mol. The van der Waals surface area contributed by atoms with E-state index in [1.807, 2.05) is 0 Å². The lowest BCUT2D eigenvalue weighted by molar-refractivity contribution is 0.318. The summed E-state index contributed by atoms with van der Waals surface area (Å²) in [6.45, 7) is 1.22. The molecule has 1 fully saturated rings. The van der Waals surface area contributed by atoms with Gasteiger partial charge in [-0.1, -0.05) is 0 Å². The number of rotatable bonds is 2. The molecule has 1 aliphatic rings. The van der Waals surface area contributed by atoms with Crippen molar-refractivity contribution < 1.29 is 4.74 Å². The molecule has 1 atom stereocenters. The number of likely N-dealkylation sites (tertiary alicyclic amines) is 1. The fourth-order valence-corrected chi connectivity index (χ4v) is 1.35. The van der Waals surface area contributed by atoms with Gasteiger partial charge >= 0.3 is 0 Å². The van der Waals surface area contributed by atoms with Crippen LogP contribution >= 0.6 is 0 Å². The minimum atomic E-state index is 0.611. The molecule has 2 heteroatoms. The first kappa shape index (κ1) is 7.61. The lowest BCUT2D eigenvalue weighted by atomic mass is 10.2. The molecule has 0 amide bonds. The number of hydrogen-bond acceptors (Lipinski definition) is 2. The molecule has 1 heterocycles. The highest BCUT2D eigenvalue weighted by atomic mass is 16.5. The van der Waals surface area contributed by atoms with Gasteiger partial charge in [0, 0.05) is 6.04 Å². The summed E-state index contributed by atoms with van der Waals surface area (Å²) in [5, 5.41) is 0. The summed E-state index contributed by atoms with van der Waals surface area (Å²) in [6.07, 6.45) is 6.48. The van der Waals surface area contributed by atoms with E-state index < -0.39 is 0 Å². The van der Waals surface area contributed by atoms with Gasteiger partial charge in [-0.2, -0.15) is 0 Å². The SMILES string of the molecule is COC=CC1CCCN1C. The van der Waals surface area contributed by atoms with E-state index in [9.17, 15) is 0 Å². The van der Waals surface area contributed by atoms with Gasteiger partial charge in [-0.05, 0) is 32.5 Å². The number of ether oxygens (including phenoxy) is 1. The topological polar surface area (TPSA) is 12.5 Å². The minimum absolute atomic E-state index is 0.611. The fraction of sp³-hybridized carbons (Fsp3) is 0.750. The summed E-state index contributed by atoms with van der Waals surface area (Å²) in [7, 11) is 3.84. The molecule has 0 spiro atoms. The average molecular weight is 141 g/mol. The zero-order chi connectivity index (χ0) is 7.40. The first-order chi connectivity index (χ1) is 4.84. The van der Waals surface area contributed by atoms with E-state index in [1.165, 1.54) is 19.4 Å². The van der Waals surface area contributed by atoms with Crippen LogP contribution in [0.2, 0.25) is 0 Å². The monoisotopic (exact) mass is 141 g/mol. The second kappa shape index (κ2) is 3.62. The molecule has 58 valence electrons. The Morgan fingerprint density at radius 2 is 2.40 bits per heavy atom. The number of methoxy groups -OCH3 is 1. The van der Waals surface area contributed by atoms with E-state index in [4.69, 9.17) is 4.74 Å². The smallest absolute Gasteiger partial charge is 0.0800 e. The van der Waals surface area contributed by atoms with Crippen molar-refractivity contribution in [3.63, 3.8) is 0 Å². The molecule has 1 saturated heterocycles. The van der Waals surface area contributed by atoms with Crippen molar-refractivity contribution in [2.75, 3.05) is 20.7 Å². The quantitative estimate of drug-likeness (QED) is 0.536. The third kappa shape index (κ3) is 1.74. The van der Waals surface area contributed by atoms with Crippen molar-refractivity contribution >= 4 is 0 Å². The fourth-order valence-electron chi connectivity index (χ4n) is 1.35. The molecule has 0 aromatic carbocycles. The summed E-state index contributed by atoms with van der Waals surface area (Å²) < 4.78 is 4.84. The summed E-state index contributed by atoms with van der Waals surface area (Å²) in [5.74, 6) is 0. The average Bonchev–Trinajstić information content (AvgIpc) is 2.31. The molecule has 0 aliphatic carbocycles. The molecule has 0 bridgehead atoms. The van der Waals surface area contributed by atoms with Gasteiger partial charge in [0.15, 0.2) is 0 Å². The van der Waals surface area contributed by atoms with Gasteiger partial charge in [0.05, 0.1) is 13.4 Å². The van der Waals surface area contributed by atoms with Crippen molar-refractivity contribution in [1.82, 2.24) is 4.90 Å². The maximum absolute atomic E-state index is 4.84. The zero-order valence-corrected chi connectivity index (χ0v) is 6.71. The molecule has 1 unspecified atom stereocenters. The van der Waals surface area contributed by atoms with E-state index in [1.54, 1.807) is 13.4 Å². The van der Waals surface area contributed by atoms with Crippen LogP contribution in [0, 0.1) is 0 Å². The van der Waals surface area contributed by atoms with Crippen LogP contribution in [0.3, 0.4) is 0 Å². The van der Waals surface area contributed by atoms with Crippen LogP contribution in [0.15, 0.2) is 12.3 Å². The first-order valence-corrected chi connectivity index (χ1v) is 3.74. The van der Waals surface area contributed by atoms with Gasteiger partial charge in [-0.15, -0.1) is 0 Å². The van der Waals surface area contributed by atoms with E-state index in [2.05, 4.69) is 18.0 Å². The lowest BCUT2D eigenvalue weighted by Gasteiger charge is -2.14. The number of hydrogen-bond donors (Lipinski definition) is 0. The normalized spacial score (nSPS) is 28.0. The second-order valence-corrected chi connectivity index (χ2v) is 2.75. The maximum atomic E-state index is 4.84. The van der Waals surface area contributed by atoms with Crippen LogP contribution in [-0.2, 0) is 4.74 Å². The van der Waals surface area contributed by atoms with E-state index in [0.717, 1.165) is 0 Å². The minimum Gasteiger partial charge on any atom is -0.505 e. The maximum Gasteiger partial charge on any atom is 0.0800 e. The molecule has 1 rings (SSSR count). The Morgan fingerprint density at radius 3 is 2.90 bits per heavy atom. The van der Waals surface area contributed by atoms with Crippen LogP contribution in [0.25, 0.3) is 0 Å². The molecule has 2 nitrogen and oxygen atoms in total. The highest BCUT2D eigenvalue weighted by Gasteiger charge is 2.17. The summed E-state index contributed by atoms with van der Waals surface area (Å²) in [4.78, 5) is 2.34. The highest BCUT2D eigenvalue weighted by molar-refractivity contribution is 4.93. The third-order valence-electron chi connectivity index (χ3n) is 2.01. The van der Waals surface area contributed by atoms with Gasteiger partial charge in [-0.3, -0.25) is 4.90 Å². The Labute approximate surface area is 62.5 Å². The summed E-state index contributed by atoms with van der Waals surface area (Å²) in [5.41, 5.74) is 0. The van der Waals surface area contributed by atoms with Crippen LogP contribution in [0.5, 0.6) is 0 Å². The van der Waals surface area contributed by atoms with Gasteiger partial charge in [-0.25, -0.2) is 0 Å². The van der Waals surface area contributed by atoms with Crippen molar-refractivity contribution in [3.8, 4) is 0 Å². The highest BCUT2D eigenvalue weighted by Crippen LogP contribution is 2.15. The largest absolute Gasteiger partial charge is 0.505 e. The van der Waals surface area contributed by atoms with Crippen molar-refractivity contribution in [3.05, 3.63) is 12.3 Å². The summed E-state index contributed by atoms with van der Waals surface area (Å²) >= 11 is 0. The Balaban J connectivity index is 2.33. The van der Waals surface area contributed by atoms with E-state index >= 15 is 0 Å². The Bertz CT molecular complexity index is 122. The Kier molecular flexibility index (Phi) is 2.75. The van der Waals surface area contributed by atoms with Crippen LogP contribution in [0.1, 0.15) is 12.8 Å². The van der Waals surface area contributed by atoms with Crippen molar-refractivity contribution in [2.45, 2.75) is 18.9 Å². The van der Waals surface area contributed by atoms with Gasteiger partial charge < -0.3 is 4.74 Å². The molecular formula is C8H15NO. The molecule has 1 aliphatic heterocycles. The van der Waals surface area contributed by atoms with E-state index in [-0.39, 0.29) is 0 Å². The molecule has 0 saturated carbocycles. The second-order valence-electron chi connectivity index (χ2n) is 2.75. The molecule has 10 heavy (non-hydrogen) atoms. The molecule has 0 N–H and O–H groups in total. The predicted molar refractivity (Wildman–Crippen MR) is 41.8 cm³/mol. The van der Waals surface area contributed by atoms with Crippen molar-refractivity contribution in [2.24, 2.45) is 0 Å². The van der Waals surface area contributed by atoms with Crippen LogP contribution in [-0.4, -0.2) is 31.6 Å². The molecule has 0 aromatic heterocycles. The predicted octanol–water partition coefficient (Wildman–Crippen LogP) is 1.24. The van der Waals surface area contributed by atoms with Gasteiger partial charge in [0.1, 0.15) is 0 Å². The first-order valence-electron chi connectivity index (χ1n) is 3.74. The number of nitrogens with zero attached hydrogens (tertiary/aromatic N) is 1. The Hall–Kier alpha value is -0.500.